The maximum Gasteiger partial charge on any atom is 0.259 e. The lowest BCUT2D eigenvalue weighted by Gasteiger charge is -2.26. The van der Waals surface area contributed by atoms with Gasteiger partial charge in [-0.3, -0.25) is 14.4 Å². The van der Waals surface area contributed by atoms with Gasteiger partial charge in [0.1, 0.15) is 17.2 Å². The van der Waals surface area contributed by atoms with Crippen LogP contribution in [0.1, 0.15) is 77.5 Å². The minimum atomic E-state index is -0.503. The van der Waals surface area contributed by atoms with Gasteiger partial charge in [0.25, 0.3) is 11.8 Å². The number of ether oxygens (including phenoxy) is 1. The number of amides is 2. The summed E-state index contributed by atoms with van der Waals surface area (Å²) in [4.78, 5) is 41.5. The van der Waals surface area contributed by atoms with Gasteiger partial charge < -0.3 is 19.5 Å². The molecular formula is C27H35N3O4. The van der Waals surface area contributed by atoms with Crippen molar-refractivity contribution in [3.63, 3.8) is 0 Å². The van der Waals surface area contributed by atoms with E-state index in [2.05, 4.69) is 25.2 Å². The highest BCUT2D eigenvalue weighted by Crippen LogP contribution is 2.26. The Hall–Kier alpha value is -2.93. The molecular weight excluding hydrogens is 430 g/mol. The fourth-order valence-electron chi connectivity index (χ4n) is 4.84. The third-order valence-corrected chi connectivity index (χ3v) is 6.56. The van der Waals surface area contributed by atoms with Gasteiger partial charge >= 0.3 is 0 Å². The molecule has 3 heterocycles. The number of hydrogen-bond donors (Lipinski definition) is 1. The molecule has 4 rings (SSSR count). The lowest BCUT2D eigenvalue weighted by Crippen LogP contribution is -2.39. The minimum Gasteiger partial charge on any atom is -0.371 e. The van der Waals surface area contributed by atoms with Crippen LogP contribution in [-0.2, 0) is 17.7 Å². The lowest BCUT2D eigenvalue weighted by atomic mass is 9.97. The Balaban J connectivity index is 1.57. The zero-order valence-corrected chi connectivity index (χ0v) is 20.2. The van der Waals surface area contributed by atoms with Gasteiger partial charge in [-0.15, -0.1) is 0 Å². The average molecular weight is 466 g/mol. The van der Waals surface area contributed by atoms with Gasteiger partial charge in [-0.25, -0.2) is 0 Å². The molecule has 0 unspecified atom stereocenters. The maximum absolute atomic E-state index is 13.3. The van der Waals surface area contributed by atoms with Gasteiger partial charge in [-0.2, -0.15) is 0 Å². The molecule has 2 aliphatic heterocycles. The minimum absolute atomic E-state index is 0.00502. The summed E-state index contributed by atoms with van der Waals surface area (Å²) in [6, 6.07) is 8.06. The van der Waals surface area contributed by atoms with Crippen LogP contribution in [0.25, 0.3) is 0 Å². The zero-order valence-electron chi connectivity index (χ0n) is 20.2. The molecule has 1 aromatic carbocycles. The number of pyridine rings is 1. The summed E-state index contributed by atoms with van der Waals surface area (Å²) in [6.07, 6.45) is 7.85. The molecule has 7 heteroatoms. The lowest BCUT2D eigenvalue weighted by molar-refractivity contribution is 0.0411. The standard InChI is InChI=1S/C27H35N3O4/c1-19(2)16-29-17-22(25(31)23(18-29)27(33)30-12-7-3-4-8-13-30)26(32)28-15-24-21-10-6-5-9-20(21)11-14-34-24/h5-6,9-10,17-19,24H,3-4,7-8,11-16H2,1-2H3,(H,28,32)/t24-/m0/s1. The average Bonchev–Trinajstić information content (AvgIpc) is 3.12. The number of nitrogens with zero attached hydrogens (tertiary/aromatic N) is 2. The summed E-state index contributed by atoms with van der Waals surface area (Å²) in [5.41, 5.74) is 1.87. The number of benzene rings is 1. The topological polar surface area (TPSA) is 80.6 Å². The second-order valence-corrected chi connectivity index (χ2v) is 9.73. The Morgan fingerprint density at radius 2 is 1.76 bits per heavy atom. The van der Waals surface area contributed by atoms with Crippen LogP contribution in [0.5, 0.6) is 0 Å². The Morgan fingerprint density at radius 3 is 2.50 bits per heavy atom. The van der Waals surface area contributed by atoms with E-state index in [0.717, 1.165) is 37.7 Å². The highest BCUT2D eigenvalue weighted by atomic mass is 16.5. The summed E-state index contributed by atoms with van der Waals surface area (Å²) in [6.45, 7) is 6.90. The number of carbonyl (C=O) groups excluding carboxylic acids is 2. The molecule has 2 aromatic rings. The van der Waals surface area contributed by atoms with Gasteiger partial charge in [0.15, 0.2) is 0 Å². The molecule has 0 bridgehead atoms. The molecule has 7 nitrogen and oxygen atoms in total. The van der Waals surface area contributed by atoms with Gasteiger partial charge in [-0.1, -0.05) is 51.0 Å². The molecule has 1 aromatic heterocycles. The second kappa shape index (κ2) is 11.0. The summed E-state index contributed by atoms with van der Waals surface area (Å²) in [7, 11) is 0. The molecule has 2 amide bonds. The number of nitrogens with one attached hydrogen (secondary N) is 1. The van der Waals surface area contributed by atoms with E-state index in [1.54, 1.807) is 21.9 Å². The molecule has 0 aliphatic carbocycles. The molecule has 1 fully saturated rings. The monoisotopic (exact) mass is 465 g/mol. The van der Waals surface area contributed by atoms with Crippen molar-refractivity contribution in [2.24, 2.45) is 5.92 Å². The van der Waals surface area contributed by atoms with Crippen LogP contribution in [0.15, 0.2) is 41.5 Å². The summed E-state index contributed by atoms with van der Waals surface area (Å²) in [5, 5.41) is 2.88. The summed E-state index contributed by atoms with van der Waals surface area (Å²) < 4.78 is 7.70. The fraction of sp³-hybridized carbons (Fsp3) is 0.519. The van der Waals surface area contributed by atoms with Crippen LogP contribution in [0.4, 0.5) is 0 Å². The predicted octanol–water partition coefficient (Wildman–Crippen LogP) is 3.56. The smallest absolute Gasteiger partial charge is 0.259 e. The quantitative estimate of drug-likeness (QED) is 0.707. The van der Waals surface area contributed by atoms with Crippen LogP contribution in [0.2, 0.25) is 0 Å². The van der Waals surface area contributed by atoms with Crippen LogP contribution in [0.3, 0.4) is 0 Å². The molecule has 0 spiro atoms. The van der Waals surface area contributed by atoms with E-state index in [1.165, 1.54) is 5.56 Å². The van der Waals surface area contributed by atoms with Crippen molar-refractivity contribution >= 4 is 11.8 Å². The number of hydrogen-bond acceptors (Lipinski definition) is 4. The predicted molar refractivity (Wildman–Crippen MR) is 131 cm³/mol. The van der Waals surface area contributed by atoms with Gasteiger partial charge in [0.2, 0.25) is 5.43 Å². The highest BCUT2D eigenvalue weighted by molar-refractivity contribution is 5.99. The zero-order chi connectivity index (χ0) is 24.1. The van der Waals surface area contributed by atoms with Crippen molar-refractivity contribution in [2.45, 2.75) is 58.6 Å². The van der Waals surface area contributed by atoms with E-state index in [4.69, 9.17) is 4.74 Å². The third kappa shape index (κ3) is 5.58. The number of carbonyl (C=O) groups is 2. The highest BCUT2D eigenvalue weighted by Gasteiger charge is 2.26. The molecule has 182 valence electrons. The summed E-state index contributed by atoms with van der Waals surface area (Å²) in [5.74, 6) is -0.449. The van der Waals surface area contributed by atoms with E-state index in [-0.39, 0.29) is 29.7 Å². The van der Waals surface area contributed by atoms with Crippen LogP contribution in [0, 0.1) is 5.92 Å². The number of likely N-dealkylation sites (tertiary alicyclic amines) is 1. The SMILES string of the molecule is CC(C)Cn1cc(C(=O)NC[C@@H]2OCCc3ccccc32)c(=O)c(C(=O)N2CCCCCC2)c1. The first-order chi connectivity index (χ1) is 16.4. The molecule has 2 aliphatic rings. The Kier molecular flexibility index (Phi) is 7.83. The normalized spacial score (nSPS) is 18.3. The molecule has 34 heavy (non-hydrogen) atoms. The Morgan fingerprint density at radius 1 is 1.06 bits per heavy atom. The first-order valence-electron chi connectivity index (χ1n) is 12.4. The molecule has 1 N–H and O–H groups in total. The van der Waals surface area contributed by atoms with Crippen molar-refractivity contribution < 1.29 is 14.3 Å². The first kappa shape index (κ1) is 24.2. The van der Waals surface area contributed by atoms with E-state index < -0.39 is 11.3 Å². The van der Waals surface area contributed by atoms with E-state index >= 15 is 0 Å². The van der Waals surface area contributed by atoms with E-state index in [9.17, 15) is 14.4 Å². The van der Waals surface area contributed by atoms with Crippen molar-refractivity contribution in [3.8, 4) is 0 Å². The molecule has 0 saturated carbocycles. The maximum atomic E-state index is 13.3. The van der Waals surface area contributed by atoms with Crippen molar-refractivity contribution in [2.75, 3.05) is 26.2 Å². The molecule has 0 radical (unpaired) electrons. The number of aromatic nitrogens is 1. The summed E-state index contributed by atoms with van der Waals surface area (Å²) >= 11 is 0. The van der Waals surface area contributed by atoms with Crippen molar-refractivity contribution in [3.05, 3.63) is 69.1 Å². The second-order valence-electron chi connectivity index (χ2n) is 9.73. The first-order valence-corrected chi connectivity index (χ1v) is 12.4. The van der Waals surface area contributed by atoms with Gasteiger partial charge in [-0.05, 0) is 36.3 Å². The Bertz CT molecular complexity index is 1080. The van der Waals surface area contributed by atoms with Crippen molar-refractivity contribution in [1.29, 1.82) is 0 Å². The van der Waals surface area contributed by atoms with E-state index in [1.807, 2.05) is 18.2 Å². The molecule has 1 atom stereocenters. The third-order valence-electron chi connectivity index (χ3n) is 6.56. The van der Waals surface area contributed by atoms with E-state index in [0.29, 0.717) is 32.2 Å². The fourth-order valence-corrected chi connectivity index (χ4v) is 4.84. The van der Waals surface area contributed by atoms with Crippen LogP contribution in [-0.4, -0.2) is 47.5 Å². The largest absolute Gasteiger partial charge is 0.371 e. The van der Waals surface area contributed by atoms with Gasteiger partial charge in [0.05, 0.1) is 6.61 Å². The Labute approximate surface area is 201 Å². The number of fused-ring (bicyclic) bond motifs is 1. The van der Waals surface area contributed by atoms with Crippen molar-refractivity contribution in [1.82, 2.24) is 14.8 Å². The van der Waals surface area contributed by atoms with Gasteiger partial charge in [0, 0.05) is 38.6 Å². The number of rotatable bonds is 6. The molecule has 1 saturated heterocycles. The van der Waals surface area contributed by atoms with Crippen LogP contribution < -0.4 is 10.7 Å². The van der Waals surface area contributed by atoms with Crippen LogP contribution >= 0.6 is 0 Å².